The number of nitrogens with zero attached hydrogens (tertiary/aromatic N) is 2. The highest BCUT2D eigenvalue weighted by molar-refractivity contribution is 6.01. The number of hydrogen-bond acceptors (Lipinski definition) is 3. The molecule has 0 atom stereocenters. The summed E-state index contributed by atoms with van der Waals surface area (Å²) < 4.78 is 1.95. The Morgan fingerprint density at radius 3 is 2.64 bits per heavy atom. The number of aryl methyl sites for hydroxylation is 1. The number of carbonyl (C=O) groups is 2. The number of benzene rings is 1. The number of rotatable bonds is 6. The van der Waals surface area contributed by atoms with Gasteiger partial charge in [0.15, 0.2) is 0 Å². The van der Waals surface area contributed by atoms with Gasteiger partial charge in [0, 0.05) is 26.0 Å². The number of carbonyl (C=O) groups excluding carboxylic acids is 1. The van der Waals surface area contributed by atoms with Gasteiger partial charge < -0.3 is 15.0 Å². The van der Waals surface area contributed by atoms with Crippen LogP contribution in [0.5, 0.6) is 0 Å². The third kappa shape index (κ3) is 4.20. The topological polar surface area (TPSA) is 74.6 Å². The molecule has 6 heteroatoms. The fraction of sp³-hybridized carbons (Fsp3) is 0.250. The van der Waals surface area contributed by atoms with Gasteiger partial charge in [-0.3, -0.25) is 9.69 Å². The standard InChI is InChI=1S/C16H19N3O3/c1-18-8-7-12(9-18)10-19(2)11-15(20)17-14-6-4-3-5-13(14)16(21)22/h3-9H,10-11H2,1-2H3,(H,17,20)(H,21,22). The summed E-state index contributed by atoms with van der Waals surface area (Å²) in [6, 6.07) is 8.36. The number of carboxylic acid groups (broad SMARTS) is 1. The van der Waals surface area contributed by atoms with E-state index in [9.17, 15) is 9.59 Å². The van der Waals surface area contributed by atoms with E-state index in [0.29, 0.717) is 12.2 Å². The van der Waals surface area contributed by atoms with Crippen LogP contribution in [0, 0.1) is 0 Å². The first-order valence-corrected chi connectivity index (χ1v) is 6.87. The minimum Gasteiger partial charge on any atom is -0.478 e. The molecule has 2 aromatic rings. The van der Waals surface area contributed by atoms with Crippen LogP contribution in [-0.4, -0.2) is 40.0 Å². The zero-order chi connectivity index (χ0) is 16.1. The molecule has 0 aliphatic rings. The fourth-order valence-corrected chi connectivity index (χ4v) is 2.24. The van der Waals surface area contributed by atoms with Crippen LogP contribution in [0.15, 0.2) is 42.7 Å². The first-order chi connectivity index (χ1) is 10.5. The van der Waals surface area contributed by atoms with E-state index >= 15 is 0 Å². The molecule has 0 unspecified atom stereocenters. The van der Waals surface area contributed by atoms with Crippen molar-refractivity contribution in [3.63, 3.8) is 0 Å². The summed E-state index contributed by atoms with van der Waals surface area (Å²) >= 11 is 0. The lowest BCUT2D eigenvalue weighted by molar-refractivity contribution is -0.117. The van der Waals surface area contributed by atoms with Gasteiger partial charge >= 0.3 is 5.97 Å². The molecule has 0 aliphatic heterocycles. The average Bonchev–Trinajstić information content (AvgIpc) is 2.83. The lowest BCUT2D eigenvalue weighted by Gasteiger charge is -2.16. The van der Waals surface area contributed by atoms with Crippen molar-refractivity contribution in [1.29, 1.82) is 0 Å². The van der Waals surface area contributed by atoms with Gasteiger partial charge in [-0.05, 0) is 30.8 Å². The van der Waals surface area contributed by atoms with Crippen LogP contribution in [-0.2, 0) is 18.4 Å². The Hall–Kier alpha value is -2.60. The Morgan fingerprint density at radius 1 is 1.27 bits per heavy atom. The monoisotopic (exact) mass is 301 g/mol. The molecule has 0 saturated heterocycles. The molecule has 0 bridgehead atoms. The number of nitrogens with one attached hydrogen (secondary N) is 1. The summed E-state index contributed by atoms with van der Waals surface area (Å²) in [5.74, 6) is -1.30. The van der Waals surface area contributed by atoms with Gasteiger partial charge in [-0.25, -0.2) is 4.79 Å². The molecule has 116 valence electrons. The Kier molecular flexibility index (Phi) is 4.95. The number of anilines is 1. The van der Waals surface area contributed by atoms with E-state index < -0.39 is 5.97 Å². The van der Waals surface area contributed by atoms with Crippen molar-refractivity contribution in [3.05, 3.63) is 53.9 Å². The van der Waals surface area contributed by atoms with E-state index in [0.717, 1.165) is 5.56 Å². The summed E-state index contributed by atoms with van der Waals surface area (Å²) in [5.41, 5.74) is 1.51. The van der Waals surface area contributed by atoms with Gasteiger partial charge in [0.25, 0.3) is 0 Å². The highest BCUT2D eigenvalue weighted by Crippen LogP contribution is 2.14. The zero-order valence-electron chi connectivity index (χ0n) is 12.6. The van der Waals surface area contributed by atoms with Crippen molar-refractivity contribution >= 4 is 17.6 Å². The molecule has 2 rings (SSSR count). The minimum atomic E-state index is -1.06. The maximum absolute atomic E-state index is 12.0. The van der Waals surface area contributed by atoms with Gasteiger partial charge in [0.05, 0.1) is 17.8 Å². The lowest BCUT2D eigenvalue weighted by atomic mass is 10.2. The summed E-state index contributed by atoms with van der Waals surface area (Å²) in [6.07, 6.45) is 3.94. The largest absolute Gasteiger partial charge is 0.478 e. The number of aromatic carboxylic acids is 1. The third-order valence-electron chi connectivity index (χ3n) is 3.19. The number of aromatic nitrogens is 1. The maximum atomic E-state index is 12.0. The van der Waals surface area contributed by atoms with E-state index in [2.05, 4.69) is 5.32 Å². The lowest BCUT2D eigenvalue weighted by Crippen LogP contribution is -2.30. The summed E-state index contributed by atoms with van der Waals surface area (Å²) in [7, 11) is 3.79. The van der Waals surface area contributed by atoms with Gasteiger partial charge in [0.2, 0.25) is 5.91 Å². The third-order valence-corrected chi connectivity index (χ3v) is 3.19. The van der Waals surface area contributed by atoms with Crippen LogP contribution in [0.25, 0.3) is 0 Å². The van der Waals surface area contributed by atoms with Crippen LogP contribution < -0.4 is 5.32 Å². The summed E-state index contributed by atoms with van der Waals surface area (Å²) in [4.78, 5) is 25.0. The molecule has 0 aliphatic carbocycles. The highest BCUT2D eigenvalue weighted by atomic mass is 16.4. The molecule has 1 heterocycles. The molecule has 2 N–H and O–H groups in total. The van der Waals surface area contributed by atoms with Crippen LogP contribution in [0.2, 0.25) is 0 Å². The van der Waals surface area contributed by atoms with E-state index in [1.807, 2.05) is 42.0 Å². The van der Waals surface area contributed by atoms with Crippen LogP contribution >= 0.6 is 0 Å². The first kappa shape index (κ1) is 15.8. The average molecular weight is 301 g/mol. The second-order valence-electron chi connectivity index (χ2n) is 5.26. The number of carboxylic acids is 1. The SMILES string of the molecule is CN(CC(=O)Nc1ccccc1C(=O)O)Cc1ccn(C)c1. The number of amides is 1. The minimum absolute atomic E-state index is 0.0848. The number of para-hydroxylation sites is 1. The number of hydrogen-bond donors (Lipinski definition) is 2. The summed E-state index contributed by atoms with van der Waals surface area (Å²) in [6.45, 7) is 0.831. The van der Waals surface area contributed by atoms with E-state index in [4.69, 9.17) is 5.11 Å². The number of likely N-dealkylation sites (N-methyl/N-ethyl adjacent to an activating group) is 1. The van der Waals surface area contributed by atoms with Crippen LogP contribution in [0.1, 0.15) is 15.9 Å². The van der Waals surface area contributed by atoms with Gasteiger partial charge in [-0.15, -0.1) is 0 Å². The second-order valence-corrected chi connectivity index (χ2v) is 5.26. The molecule has 1 amide bonds. The molecular weight excluding hydrogens is 282 g/mol. The van der Waals surface area contributed by atoms with Crippen molar-refractivity contribution in [2.45, 2.75) is 6.54 Å². The molecule has 1 aromatic heterocycles. The van der Waals surface area contributed by atoms with E-state index in [1.165, 1.54) is 6.07 Å². The zero-order valence-corrected chi connectivity index (χ0v) is 12.6. The van der Waals surface area contributed by atoms with Crippen LogP contribution in [0.4, 0.5) is 5.69 Å². The molecule has 0 radical (unpaired) electrons. The van der Waals surface area contributed by atoms with Crippen LogP contribution in [0.3, 0.4) is 0 Å². The van der Waals surface area contributed by atoms with Gasteiger partial charge in [-0.1, -0.05) is 12.1 Å². The quantitative estimate of drug-likeness (QED) is 0.853. The smallest absolute Gasteiger partial charge is 0.337 e. The predicted octanol–water partition coefficient (Wildman–Crippen LogP) is 1.79. The molecule has 1 aromatic carbocycles. The van der Waals surface area contributed by atoms with Crippen molar-refractivity contribution in [2.24, 2.45) is 7.05 Å². The van der Waals surface area contributed by atoms with E-state index in [1.54, 1.807) is 18.2 Å². The molecule has 0 saturated carbocycles. The normalized spacial score (nSPS) is 10.7. The van der Waals surface area contributed by atoms with Crippen molar-refractivity contribution < 1.29 is 14.7 Å². The molecular formula is C16H19N3O3. The van der Waals surface area contributed by atoms with E-state index in [-0.39, 0.29) is 18.0 Å². The van der Waals surface area contributed by atoms with Crippen molar-refractivity contribution in [2.75, 3.05) is 18.9 Å². The molecule has 0 fully saturated rings. The van der Waals surface area contributed by atoms with Gasteiger partial charge in [-0.2, -0.15) is 0 Å². The molecule has 22 heavy (non-hydrogen) atoms. The second kappa shape index (κ2) is 6.91. The Bertz CT molecular complexity index is 679. The maximum Gasteiger partial charge on any atom is 0.337 e. The Morgan fingerprint density at radius 2 is 2.00 bits per heavy atom. The van der Waals surface area contributed by atoms with Crippen molar-refractivity contribution in [1.82, 2.24) is 9.47 Å². The summed E-state index contributed by atoms with van der Waals surface area (Å²) in [5, 5.41) is 11.7. The van der Waals surface area contributed by atoms with Crippen molar-refractivity contribution in [3.8, 4) is 0 Å². The molecule has 6 nitrogen and oxygen atoms in total. The predicted molar refractivity (Wildman–Crippen MR) is 83.8 cm³/mol. The first-order valence-electron chi connectivity index (χ1n) is 6.87. The Balaban J connectivity index is 1.94. The molecule has 0 spiro atoms. The fourth-order valence-electron chi connectivity index (χ4n) is 2.24. The Labute approximate surface area is 129 Å². The highest BCUT2D eigenvalue weighted by Gasteiger charge is 2.13. The van der Waals surface area contributed by atoms with Gasteiger partial charge in [0.1, 0.15) is 0 Å².